The first-order valence-electron chi connectivity index (χ1n) is 10.1. The summed E-state index contributed by atoms with van der Waals surface area (Å²) < 4.78 is 15.5. The lowest BCUT2D eigenvalue weighted by molar-refractivity contribution is 0.148. The molecule has 5 rings (SSSR count). The van der Waals surface area contributed by atoms with Crippen molar-refractivity contribution in [2.24, 2.45) is 0 Å². The van der Waals surface area contributed by atoms with Crippen LogP contribution in [0.1, 0.15) is 37.5 Å². The molecule has 4 heterocycles. The Labute approximate surface area is 177 Å². The third-order valence-corrected chi connectivity index (χ3v) is 8.00. The van der Waals surface area contributed by atoms with Gasteiger partial charge in [0.2, 0.25) is 0 Å². The lowest BCUT2D eigenvalue weighted by Gasteiger charge is -2.38. The molecule has 0 spiro atoms. The highest BCUT2D eigenvalue weighted by molar-refractivity contribution is 7.18. The van der Waals surface area contributed by atoms with Gasteiger partial charge in [0.25, 0.3) is 0 Å². The van der Waals surface area contributed by atoms with Crippen molar-refractivity contribution in [2.45, 2.75) is 38.6 Å². The number of halogens is 1. The Bertz CT molecular complexity index is 1170. The van der Waals surface area contributed by atoms with Crippen LogP contribution in [-0.4, -0.2) is 34.0 Å². The number of hydrogen-bond donors (Lipinski definition) is 1. The maximum Gasteiger partial charge on any atom is 0.148 e. The van der Waals surface area contributed by atoms with E-state index in [1.54, 1.807) is 35.2 Å². The Hall–Kier alpha value is -2.09. The fourth-order valence-electron chi connectivity index (χ4n) is 4.41. The summed E-state index contributed by atoms with van der Waals surface area (Å²) in [4.78, 5) is 13.8. The van der Waals surface area contributed by atoms with Crippen molar-refractivity contribution in [2.75, 3.05) is 18.4 Å². The van der Waals surface area contributed by atoms with E-state index in [2.05, 4.69) is 40.1 Å². The van der Waals surface area contributed by atoms with E-state index in [-0.39, 0.29) is 5.82 Å². The van der Waals surface area contributed by atoms with Crippen LogP contribution in [0.3, 0.4) is 0 Å². The Morgan fingerprint density at radius 2 is 2.14 bits per heavy atom. The number of aromatic nitrogens is 2. The van der Waals surface area contributed by atoms with Crippen LogP contribution in [0.25, 0.3) is 20.4 Å². The first-order chi connectivity index (χ1) is 14.1. The second-order valence-electron chi connectivity index (χ2n) is 7.62. The predicted octanol–water partition coefficient (Wildman–Crippen LogP) is 6.38. The number of anilines is 2. The lowest BCUT2D eigenvalue weighted by Crippen LogP contribution is -2.41. The van der Waals surface area contributed by atoms with Gasteiger partial charge in [0, 0.05) is 28.4 Å². The van der Waals surface area contributed by atoms with Crippen molar-refractivity contribution in [1.29, 1.82) is 0 Å². The van der Waals surface area contributed by atoms with Gasteiger partial charge in [-0.1, -0.05) is 6.92 Å². The summed E-state index contributed by atoms with van der Waals surface area (Å²) in [7, 11) is 0. The van der Waals surface area contributed by atoms with Crippen molar-refractivity contribution < 1.29 is 4.39 Å². The smallest absolute Gasteiger partial charge is 0.148 e. The maximum absolute atomic E-state index is 14.6. The summed E-state index contributed by atoms with van der Waals surface area (Å²) in [5.41, 5.74) is 3.90. The van der Waals surface area contributed by atoms with Crippen LogP contribution in [0, 0.1) is 5.82 Å². The molecule has 0 unspecified atom stereocenters. The maximum atomic E-state index is 14.6. The summed E-state index contributed by atoms with van der Waals surface area (Å²) in [6.45, 7) is 6.85. The second kappa shape index (κ2) is 7.63. The van der Waals surface area contributed by atoms with Crippen molar-refractivity contribution in [3.63, 3.8) is 0 Å². The molecule has 2 atom stereocenters. The van der Waals surface area contributed by atoms with Crippen molar-refractivity contribution in [1.82, 2.24) is 14.9 Å². The average Bonchev–Trinajstić information content (AvgIpc) is 3.35. The van der Waals surface area contributed by atoms with Crippen molar-refractivity contribution >= 4 is 54.5 Å². The van der Waals surface area contributed by atoms with Crippen LogP contribution in [0.4, 0.5) is 15.8 Å². The third kappa shape index (κ3) is 3.41. The van der Waals surface area contributed by atoms with Gasteiger partial charge in [-0.25, -0.2) is 14.4 Å². The molecule has 1 aliphatic heterocycles. The zero-order chi connectivity index (χ0) is 20.0. The van der Waals surface area contributed by atoms with Gasteiger partial charge in [-0.2, -0.15) is 0 Å². The van der Waals surface area contributed by atoms with Crippen LogP contribution < -0.4 is 5.32 Å². The molecule has 0 aliphatic carbocycles. The zero-order valence-corrected chi connectivity index (χ0v) is 18.1. The highest BCUT2D eigenvalue weighted by atomic mass is 32.1. The number of likely N-dealkylation sites (tertiary alicyclic amines) is 1. The number of hydrogen-bond acceptors (Lipinski definition) is 6. The van der Waals surface area contributed by atoms with Crippen LogP contribution in [0.2, 0.25) is 0 Å². The molecule has 1 aromatic carbocycles. The van der Waals surface area contributed by atoms with Gasteiger partial charge in [0.1, 0.15) is 10.6 Å². The molecule has 4 aromatic rings. The first kappa shape index (κ1) is 18.9. The summed E-state index contributed by atoms with van der Waals surface area (Å²) in [6, 6.07) is 8.04. The lowest BCUT2D eigenvalue weighted by atomic mass is 9.89. The molecule has 0 bridgehead atoms. The van der Waals surface area contributed by atoms with Gasteiger partial charge in [-0.3, -0.25) is 0 Å². The molecule has 0 amide bonds. The van der Waals surface area contributed by atoms with E-state index in [9.17, 15) is 4.39 Å². The molecule has 0 saturated carbocycles. The monoisotopic (exact) mass is 426 g/mol. The van der Waals surface area contributed by atoms with Gasteiger partial charge in [0.15, 0.2) is 0 Å². The van der Waals surface area contributed by atoms with Crippen LogP contribution >= 0.6 is 22.7 Å². The molecule has 29 heavy (non-hydrogen) atoms. The number of nitrogens with one attached hydrogen (secondary N) is 1. The number of nitrogens with zero attached hydrogens (tertiary/aromatic N) is 3. The molecule has 3 aromatic heterocycles. The van der Waals surface area contributed by atoms with Crippen molar-refractivity contribution in [3.8, 4) is 0 Å². The summed E-state index contributed by atoms with van der Waals surface area (Å²) >= 11 is 3.22. The van der Waals surface area contributed by atoms with Gasteiger partial charge >= 0.3 is 0 Å². The molecular formula is C22H23FN4S2. The molecule has 4 nitrogen and oxygen atoms in total. The minimum atomic E-state index is -0.262. The minimum absolute atomic E-state index is 0.262. The van der Waals surface area contributed by atoms with Crippen molar-refractivity contribution in [3.05, 3.63) is 46.7 Å². The number of benzene rings is 1. The average molecular weight is 427 g/mol. The molecular weight excluding hydrogens is 403 g/mol. The normalized spacial score (nSPS) is 20.5. The Morgan fingerprint density at radius 3 is 3.00 bits per heavy atom. The van der Waals surface area contributed by atoms with E-state index < -0.39 is 0 Å². The third-order valence-electron chi connectivity index (χ3n) is 6.03. The van der Waals surface area contributed by atoms with E-state index in [0.29, 0.717) is 17.6 Å². The number of piperidine rings is 1. The second-order valence-corrected chi connectivity index (χ2v) is 9.57. The highest BCUT2D eigenvalue weighted by Crippen LogP contribution is 2.40. The molecule has 0 radical (unpaired) electrons. The molecule has 7 heteroatoms. The van der Waals surface area contributed by atoms with Crippen LogP contribution in [-0.2, 0) is 0 Å². The fraction of sp³-hybridized carbons (Fsp3) is 0.364. The largest absolute Gasteiger partial charge is 0.352 e. The quantitative estimate of drug-likeness (QED) is 0.411. The molecule has 1 aliphatic rings. The number of likely N-dealkylation sites (N-methyl/N-ethyl adjacent to an activating group) is 1. The van der Waals surface area contributed by atoms with Crippen LogP contribution in [0.15, 0.2) is 36.0 Å². The molecule has 150 valence electrons. The number of thiazole rings is 1. The van der Waals surface area contributed by atoms with E-state index in [1.807, 2.05) is 6.07 Å². The number of rotatable bonds is 4. The SMILES string of the molecule is CCN1CCC[C@H](c2cc3c(Nc4cc5ncsc5cc4F)ccnc3s2)[C@H]1C. The zero-order valence-electron chi connectivity index (χ0n) is 16.5. The highest BCUT2D eigenvalue weighted by Gasteiger charge is 2.29. The molecule has 1 fully saturated rings. The number of thiophene rings is 1. The van der Waals surface area contributed by atoms with Gasteiger partial charge < -0.3 is 10.2 Å². The van der Waals surface area contributed by atoms with E-state index in [4.69, 9.17) is 0 Å². The summed E-state index contributed by atoms with van der Waals surface area (Å²) in [6.07, 6.45) is 4.24. The van der Waals surface area contributed by atoms with Gasteiger partial charge in [-0.15, -0.1) is 22.7 Å². The standard InChI is InChI=1S/C22H23FN4S2/c1-3-27-8-4-5-14(13(27)2)20-9-15-17(6-7-24-22(15)29-20)26-18-11-19-21(10-16(18)23)28-12-25-19/h6-7,9-14H,3-5,8H2,1-2H3,(H,24,26)/t13-,14+/m1/s1. The first-order valence-corrected chi connectivity index (χ1v) is 11.8. The predicted molar refractivity (Wildman–Crippen MR) is 121 cm³/mol. The van der Waals surface area contributed by atoms with E-state index in [0.717, 1.165) is 32.7 Å². The summed E-state index contributed by atoms with van der Waals surface area (Å²) in [5.74, 6) is 0.264. The number of pyridine rings is 1. The van der Waals surface area contributed by atoms with E-state index >= 15 is 0 Å². The minimum Gasteiger partial charge on any atom is -0.352 e. The van der Waals surface area contributed by atoms with E-state index in [1.165, 1.54) is 35.6 Å². The summed E-state index contributed by atoms with van der Waals surface area (Å²) in [5, 5.41) is 4.35. The Balaban J connectivity index is 1.51. The Morgan fingerprint density at radius 1 is 1.24 bits per heavy atom. The van der Waals surface area contributed by atoms with Gasteiger partial charge in [0.05, 0.1) is 27.1 Å². The molecule has 1 saturated heterocycles. The topological polar surface area (TPSA) is 41.0 Å². The fourth-order valence-corrected chi connectivity index (χ4v) is 6.35. The van der Waals surface area contributed by atoms with Gasteiger partial charge in [-0.05, 0) is 57.1 Å². The van der Waals surface area contributed by atoms with Crippen LogP contribution in [0.5, 0.6) is 0 Å². The number of fused-ring (bicyclic) bond motifs is 2. The molecule has 1 N–H and O–H groups in total. The Kier molecular flexibility index (Phi) is 4.97.